The van der Waals surface area contributed by atoms with Crippen molar-refractivity contribution in [3.05, 3.63) is 29.8 Å². The maximum absolute atomic E-state index is 11.4. The quantitative estimate of drug-likeness (QED) is 0.241. The van der Waals surface area contributed by atoms with E-state index in [9.17, 15) is 24.6 Å². The van der Waals surface area contributed by atoms with Gasteiger partial charge in [-0.15, -0.1) is 0 Å². The Balaban J connectivity index is 2.90. The molecule has 7 nitrogen and oxygen atoms in total. The number of rotatable bonds is 4. The molecule has 1 rings (SSSR count). The molecule has 19 heavy (non-hydrogen) atoms. The van der Waals surface area contributed by atoms with Gasteiger partial charge in [-0.3, -0.25) is 9.59 Å². The fourth-order valence-electron chi connectivity index (χ4n) is 1.18. The molecule has 0 saturated heterocycles. The number of hydrogen-bond acceptors (Lipinski definition) is 6. The number of ether oxygens (including phenoxy) is 1. The Morgan fingerprint density at radius 1 is 1.21 bits per heavy atom. The highest BCUT2D eigenvalue weighted by atomic mass is 16.5. The number of carbonyl (C=O) groups excluding carboxylic acids is 3. The maximum atomic E-state index is 11.4. The van der Waals surface area contributed by atoms with Crippen molar-refractivity contribution in [2.45, 2.75) is 0 Å². The van der Waals surface area contributed by atoms with Crippen molar-refractivity contribution < 1.29 is 29.3 Å². The predicted molar refractivity (Wildman–Crippen MR) is 64.9 cm³/mol. The molecule has 3 N–H and O–H groups in total. The summed E-state index contributed by atoms with van der Waals surface area (Å²) >= 11 is 0. The molecule has 0 atom stereocenters. The molecule has 1 aromatic rings. The topological polar surface area (TPSA) is 113 Å². The van der Waals surface area contributed by atoms with Gasteiger partial charge < -0.3 is 20.3 Å². The molecule has 0 aliphatic heterocycles. The number of amides is 1. The molecule has 1 amide bonds. The minimum Gasteiger partial charge on any atom is -0.504 e. The molecule has 100 valence electrons. The molecule has 0 radical (unpaired) electrons. The number of carbonyl (C=O) groups is 3. The lowest BCUT2D eigenvalue weighted by atomic mass is 10.1. The number of aldehydes is 1. The lowest BCUT2D eigenvalue weighted by Crippen LogP contribution is -2.10. The van der Waals surface area contributed by atoms with E-state index in [1.54, 1.807) is 0 Å². The fraction of sp³-hybridized carbons (Fsp3) is 0.0833. The van der Waals surface area contributed by atoms with E-state index in [1.165, 1.54) is 0 Å². The van der Waals surface area contributed by atoms with Crippen molar-refractivity contribution in [2.24, 2.45) is 0 Å². The number of aromatic hydroxyl groups is 2. The molecule has 0 aliphatic carbocycles. The van der Waals surface area contributed by atoms with Crippen molar-refractivity contribution in [3.63, 3.8) is 0 Å². The van der Waals surface area contributed by atoms with E-state index in [0.29, 0.717) is 6.29 Å². The van der Waals surface area contributed by atoms with Gasteiger partial charge >= 0.3 is 5.97 Å². The normalized spacial score (nSPS) is 10.2. The Bertz CT molecular complexity index is 549. The Labute approximate surface area is 108 Å². The van der Waals surface area contributed by atoms with Crippen LogP contribution in [0.5, 0.6) is 11.5 Å². The molecule has 0 fully saturated rings. The number of anilines is 1. The molecule has 0 aliphatic rings. The number of phenols is 2. The van der Waals surface area contributed by atoms with Crippen molar-refractivity contribution in [1.82, 2.24) is 0 Å². The van der Waals surface area contributed by atoms with E-state index < -0.39 is 23.4 Å². The zero-order valence-electron chi connectivity index (χ0n) is 9.91. The lowest BCUT2D eigenvalue weighted by molar-refractivity contribution is -0.135. The van der Waals surface area contributed by atoms with E-state index >= 15 is 0 Å². The Morgan fingerprint density at radius 2 is 1.84 bits per heavy atom. The van der Waals surface area contributed by atoms with E-state index in [0.717, 1.165) is 31.4 Å². The fourth-order valence-corrected chi connectivity index (χ4v) is 1.18. The van der Waals surface area contributed by atoms with Crippen LogP contribution in [0.1, 0.15) is 10.4 Å². The van der Waals surface area contributed by atoms with Crippen LogP contribution in [0.15, 0.2) is 24.3 Å². The highest BCUT2D eigenvalue weighted by Gasteiger charge is 2.10. The second-order valence-electron chi connectivity index (χ2n) is 3.39. The van der Waals surface area contributed by atoms with Crippen molar-refractivity contribution in [1.29, 1.82) is 0 Å². The summed E-state index contributed by atoms with van der Waals surface area (Å²) in [5, 5.41) is 20.8. The number of nitrogens with one attached hydrogen (secondary N) is 1. The second-order valence-corrected chi connectivity index (χ2v) is 3.39. The van der Waals surface area contributed by atoms with Gasteiger partial charge in [-0.05, 0) is 6.07 Å². The van der Waals surface area contributed by atoms with Crippen molar-refractivity contribution >= 4 is 23.9 Å². The van der Waals surface area contributed by atoms with Crippen LogP contribution in [0.4, 0.5) is 5.69 Å². The molecule has 0 bridgehead atoms. The largest absolute Gasteiger partial charge is 0.504 e. The minimum atomic E-state index is -0.709. The summed E-state index contributed by atoms with van der Waals surface area (Å²) < 4.78 is 4.30. The van der Waals surface area contributed by atoms with Crippen LogP contribution in [0.3, 0.4) is 0 Å². The molecule has 0 saturated carbocycles. The van der Waals surface area contributed by atoms with Gasteiger partial charge in [0.25, 0.3) is 0 Å². The average Bonchev–Trinajstić information content (AvgIpc) is 2.39. The number of esters is 1. The third-order valence-electron chi connectivity index (χ3n) is 2.10. The first kappa shape index (κ1) is 14.2. The first-order chi connectivity index (χ1) is 8.97. The van der Waals surface area contributed by atoms with Crippen molar-refractivity contribution in [3.8, 4) is 11.5 Å². The third-order valence-corrected chi connectivity index (χ3v) is 2.10. The lowest BCUT2D eigenvalue weighted by Gasteiger charge is -2.07. The zero-order valence-corrected chi connectivity index (χ0v) is 9.91. The average molecular weight is 265 g/mol. The van der Waals surface area contributed by atoms with Crippen molar-refractivity contribution in [2.75, 3.05) is 12.4 Å². The van der Waals surface area contributed by atoms with E-state index in [4.69, 9.17) is 0 Å². The summed E-state index contributed by atoms with van der Waals surface area (Å²) in [6.45, 7) is 0. The molecular formula is C12H11NO6. The summed E-state index contributed by atoms with van der Waals surface area (Å²) in [6, 6.07) is 2.02. The Morgan fingerprint density at radius 3 is 2.42 bits per heavy atom. The summed E-state index contributed by atoms with van der Waals surface area (Å²) in [5.74, 6) is -2.37. The highest BCUT2D eigenvalue weighted by Crippen LogP contribution is 2.30. The smallest absolute Gasteiger partial charge is 0.330 e. The summed E-state index contributed by atoms with van der Waals surface area (Å²) in [7, 11) is 1.16. The molecule has 1 aromatic carbocycles. The molecular weight excluding hydrogens is 254 g/mol. The van der Waals surface area contributed by atoms with Gasteiger partial charge in [-0.25, -0.2) is 4.79 Å². The van der Waals surface area contributed by atoms with Crippen LogP contribution in [-0.4, -0.2) is 35.5 Å². The van der Waals surface area contributed by atoms with Gasteiger partial charge in [-0.1, -0.05) is 0 Å². The number of hydrogen-bond donors (Lipinski definition) is 3. The SMILES string of the molecule is COC(=O)C=CC(=O)Nc1cc(O)c(O)cc1C=O. The molecule has 0 spiro atoms. The monoisotopic (exact) mass is 265 g/mol. The minimum absolute atomic E-state index is 0.00446. The van der Waals surface area contributed by atoms with Crippen LogP contribution in [0.25, 0.3) is 0 Å². The molecule has 0 aromatic heterocycles. The van der Waals surface area contributed by atoms with Crippen LogP contribution in [0, 0.1) is 0 Å². The predicted octanol–water partition coefficient (Wildman–Crippen LogP) is 0.578. The van der Waals surface area contributed by atoms with E-state index in [1.807, 2.05) is 0 Å². The number of phenolic OH excluding ortho intramolecular Hbond substituents is 2. The highest BCUT2D eigenvalue weighted by molar-refractivity contribution is 6.05. The maximum Gasteiger partial charge on any atom is 0.330 e. The van der Waals surface area contributed by atoms with Crippen LogP contribution in [-0.2, 0) is 14.3 Å². The zero-order chi connectivity index (χ0) is 14.4. The number of methoxy groups -OCH3 is 1. The third kappa shape index (κ3) is 3.84. The van der Waals surface area contributed by atoms with Gasteiger partial charge in [0.2, 0.25) is 5.91 Å². The van der Waals surface area contributed by atoms with Gasteiger partial charge in [0.15, 0.2) is 17.8 Å². The summed E-state index contributed by atoms with van der Waals surface area (Å²) in [5.41, 5.74) is -0.0140. The summed E-state index contributed by atoms with van der Waals surface area (Å²) in [6.07, 6.45) is 2.21. The van der Waals surface area contributed by atoms with Gasteiger partial charge in [0, 0.05) is 23.8 Å². The van der Waals surface area contributed by atoms with Crippen LogP contribution < -0.4 is 5.32 Å². The standard InChI is InChI=1S/C12H11NO6/c1-19-12(18)3-2-11(17)13-8-5-10(16)9(15)4-7(8)6-14/h2-6,15-16H,1H3,(H,13,17). The van der Waals surface area contributed by atoms with Gasteiger partial charge in [-0.2, -0.15) is 0 Å². The molecule has 7 heteroatoms. The van der Waals surface area contributed by atoms with Crippen LogP contribution >= 0.6 is 0 Å². The summed E-state index contributed by atoms with van der Waals surface area (Å²) in [4.78, 5) is 33.0. The first-order valence-corrected chi connectivity index (χ1v) is 5.06. The molecule has 0 unspecified atom stereocenters. The first-order valence-electron chi connectivity index (χ1n) is 5.06. The van der Waals surface area contributed by atoms with Crippen LogP contribution in [0.2, 0.25) is 0 Å². The molecule has 0 heterocycles. The van der Waals surface area contributed by atoms with Gasteiger partial charge in [0.05, 0.1) is 12.8 Å². The Kier molecular flexibility index (Phi) is 4.64. The van der Waals surface area contributed by atoms with Gasteiger partial charge in [0.1, 0.15) is 0 Å². The van der Waals surface area contributed by atoms with E-state index in [-0.39, 0.29) is 11.3 Å². The second kappa shape index (κ2) is 6.20. The Hall–Kier alpha value is -2.83. The number of benzene rings is 1. The van der Waals surface area contributed by atoms with E-state index in [2.05, 4.69) is 10.1 Å².